The van der Waals surface area contributed by atoms with Crippen molar-refractivity contribution in [3.8, 4) is 0 Å². The van der Waals surface area contributed by atoms with Crippen LogP contribution in [0.15, 0.2) is 54.6 Å². The van der Waals surface area contributed by atoms with Gasteiger partial charge < -0.3 is 10.2 Å². The molecule has 0 aliphatic heterocycles. The third-order valence-corrected chi connectivity index (χ3v) is 3.93. The maximum Gasteiger partial charge on any atom is 0.246 e. The molecule has 0 heterocycles. The molecule has 130 valence electrons. The zero-order chi connectivity index (χ0) is 18.4. The van der Waals surface area contributed by atoms with Crippen LogP contribution < -0.4 is 5.32 Å². The number of amides is 2. The molecule has 0 aromatic heterocycles. The molecule has 0 spiro atoms. The van der Waals surface area contributed by atoms with Gasteiger partial charge in [0.05, 0.1) is 6.04 Å². The smallest absolute Gasteiger partial charge is 0.246 e. The lowest BCUT2D eigenvalue weighted by molar-refractivity contribution is -0.126. The molecular weight excluding hydrogens is 319 g/mol. The lowest BCUT2D eigenvalue weighted by Gasteiger charge is -2.24. The third-order valence-electron chi connectivity index (χ3n) is 3.93. The Bertz CT molecular complexity index is 767. The third kappa shape index (κ3) is 5.28. The van der Waals surface area contributed by atoms with Crippen molar-refractivity contribution in [2.75, 3.05) is 12.4 Å². The molecule has 0 fully saturated rings. The van der Waals surface area contributed by atoms with Crippen molar-refractivity contribution < 1.29 is 14.0 Å². The van der Waals surface area contributed by atoms with Crippen LogP contribution in [-0.2, 0) is 9.59 Å². The number of benzene rings is 2. The fraction of sp³-hybridized carbons (Fsp3) is 0.200. The van der Waals surface area contributed by atoms with Gasteiger partial charge in [0.2, 0.25) is 11.8 Å². The molecule has 0 aliphatic carbocycles. The summed E-state index contributed by atoms with van der Waals surface area (Å²) in [5.74, 6) is -0.579. The summed E-state index contributed by atoms with van der Waals surface area (Å²) in [5.41, 5.74) is 2.42. The molecule has 1 atom stereocenters. The fourth-order valence-corrected chi connectivity index (χ4v) is 2.32. The van der Waals surface area contributed by atoms with E-state index in [2.05, 4.69) is 5.32 Å². The Morgan fingerprint density at radius 3 is 2.24 bits per heavy atom. The number of halogens is 1. The summed E-state index contributed by atoms with van der Waals surface area (Å²) in [4.78, 5) is 24.9. The molecule has 0 saturated heterocycles. The van der Waals surface area contributed by atoms with E-state index < -0.39 is 0 Å². The lowest BCUT2D eigenvalue weighted by Crippen LogP contribution is -2.27. The highest BCUT2D eigenvalue weighted by Crippen LogP contribution is 2.19. The van der Waals surface area contributed by atoms with E-state index in [9.17, 15) is 14.0 Å². The maximum atomic E-state index is 13.0. The van der Waals surface area contributed by atoms with Crippen LogP contribution in [0.1, 0.15) is 31.0 Å². The van der Waals surface area contributed by atoms with Crippen molar-refractivity contribution >= 4 is 23.6 Å². The molecule has 0 saturated carbocycles. The summed E-state index contributed by atoms with van der Waals surface area (Å²) in [5, 5.41) is 2.69. The van der Waals surface area contributed by atoms with Crippen molar-refractivity contribution in [1.29, 1.82) is 0 Å². The average molecular weight is 340 g/mol. The highest BCUT2D eigenvalue weighted by Gasteiger charge is 2.15. The average Bonchev–Trinajstić information content (AvgIpc) is 2.59. The van der Waals surface area contributed by atoms with Crippen molar-refractivity contribution in [2.45, 2.75) is 19.9 Å². The molecular formula is C20H21FN2O2. The van der Waals surface area contributed by atoms with E-state index in [4.69, 9.17) is 0 Å². The molecule has 0 bridgehead atoms. The van der Waals surface area contributed by atoms with E-state index in [-0.39, 0.29) is 23.7 Å². The monoisotopic (exact) mass is 340 g/mol. The van der Waals surface area contributed by atoms with Crippen molar-refractivity contribution in [2.24, 2.45) is 0 Å². The first-order valence-electron chi connectivity index (χ1n) is 7.95. The minimum atomic E-state index is -0.299. The first-order chi connectivity index (χ1) is 11.9. The Morgan fingerprint density at radius 1 is 1.08 bits per heavy atom. The van der Waals surface area contributed by atoms with Crippen molar-refractivity contribution in [3.05, 3.63) is 71.6 Å². The second-order valence-electron chi connectivity index (χ2n) is 5.81. The number of hydrogen-bond donors (Lipinski definition) is 1. The van der Waals surface area contributed by atoms with Crippen LogP contribution in [-0.4, -0.2) is 23.8 Å². The van der Waals surface area contributed by atoms with Crippen LogP contribution in [0.3, 0.4) is 0 Å². The minimum Gasteiger partial charge on any atom is -0.335 e. The van der Waals surface area contributed by atoms with Crippen molar-refractivity contribution in [3.63, 3.8) is 0 Å². The molecule has 2 aromatic carbocycles. The van der Waals surface area contributed by atoms with Gasteiger partial charge in [-0.3, -0.25) is 9.59 Å². The summed E-state index contributed by atoms with van der Waals surface area (Å²) in [6.07, 6.45) is 3.21. The quantitative estimate of drug-likeness (QED) is 0.836. The van der Waals surface area contributed by atoms with Crippen molar-refractivity contribution in [1.82, 2.24) is 4.90 Å². The predicted molar refractivity (Wildman–Crippen MR) is 97.4 cm³/mol. The molecule has 2 aromatic rings. The van der Waals surface area contributed by atoms with E-state index in [1.54, 1.807) is 42.3 Å². The van der Waals surface area contributed by atoms with E-state index in [1.807, 2.05) is 19.1 Å². The highest BCUT2D eigenvalue weighted by atomic mass is 19.1. The number of nitrogens with one attached hydrogen (secondary N) is 1. The van der Waals surface area contributed by atoms with Crippen LogP contribution >= 0.6 is 0 Å². The first kappa shape index (κ1) is 18.4. The predicted octanol–water partition coefficient (Wildman–Crippen LogP) is 4.02. The molecule has 4 nitrogen and oxygen atoms in total. The first-order valence-corrected chi connectivity index (χ1v) is 7.95. The summed E-state index contributed by atoms with van der Waals surface area (Å²) in [6, 6.07) is 13.1. The topological polar surface area (TPSA) is 49.4 Å². The van der Waals surface area contributed by atoms with E-state index >= 15 is 0 Å². The molecule has 25 heavy (non-hydrogen) atoms. The van der Waals surface area contributed by atoms with E-state index in [0.717, 1.165) is 11.1 Å². The Hall–Kier alpha value is -2.95. The molecule has 2 amide bonds. The molecule has 0 aliphatic rings. The summed E-state index contributed by atoms with van der Waals surface area (Å²) < 4.78 is 13.0. The standard InChI is InChI=1S/C20H21FN2O2/c1-14(17-7-9-18(21)10-8-17)23(3)20(25)13-6-16-4-11-19(12-5-16)22-15(2)24/h4-14H,1-3H3,(H,22,24)/b13-6+. The molecule has 2 rings (SSSR count). The summed E-state index contributed by atoms with van der Waals surface area (Å²) in [7, 11) is 1.71. The van der Waals surface area contributed by atoms with Crippen LogP contribution in [0, 0.1) is 5.82 Å². The number of carbonyl (C=O) groups is 2. The minimum absolute atomic E-state index is 0.130. The number of likely N-dealkylation sites (N-methyl/N-ethyl adjacent to an activating group) is 1. The van der Waals surface area contributed by atoms with Gasteiger partial charge in [0.15, 0.2) is 0 Å². The molecule has 0 radical (unpaired) electrons. The van der Waals surface area contributed by atoms with Gasteiger partial charge in [-0.15, -0.1) is 0 Å². The van der Waals surface area contributed by atoms with Gasteiger partial charge in [0.1, 0.15) is 5.82 Å². The van der Waals surface area contributed by atoms with Gasteiger partial charge in [0, 0.05) is 25.7 Å². The zero-order valence-corrected chi connectivity index (χ0v) is 14.5. The zero-order valence-electron chi connectivity index (χ0n) is 14.5. The van der Waals surface area contributed by atoms with Gasteiger partial charge in [-0.2, -0.15) is 0 Å². The second-order valence-corrected chi connectivity index (χ2v) is 5.81. The fourth-order valence-electron chi connectivity index (χ4n) is 2.32. The van der Waals surface area contributed by atoms with E-state index in [0.29, 0.717) is 5.69 Å². The maximum absolute atomic E-state index is 13.0. The van der Waals surface area contributed by atoms with Crippen LogP contribution in [0.4, 0.5) is 10.1 Å². The van der Waals surface area contributed by atoms with Gasteiger partial charge in [0.25, 0.3) is 0 Å². The number of carbonyl (C=O) groups excluding carboxylic acids is 2. The number of hydrogen-bond acceptors (Lipinski definition) is 2. The van der Waals surface area contributed by atoms with Gasteiger partial charge in [-0.1, -0.05) is 24.3 Å². The van der Waals surface area contributed by atoms with Gasteiger partial charge in [-0.25, -0.2) is 4.39 Å². The molecule has 1 unspecified atom stereocenters. The number of nitrogens with zero attached hydrogens (tertiary/aromatic N) is 1. The number of rotatable bonds is 5. The molecule has 1 N–H and O–H groups in total. The number of anilines is 1. The van der Waals surface area contributed by atoms with Crippen LogP contribution in [0.2, 0.25) is 0 Å². The van der Waals surface area contributed by atoms with Crippen LogP contribution in [0.25, 0.3) is 6.08 Å². The Kier molecular flexibility index (Phi) is 6.06. The Labute approximate surface area is 147 Å². The normalized spacial score (nSPS) is 12.0. The van der Waals surface area contributed by atoms with Gasteiger partial charge in [-0.05, 0) is 48.4 Å². The summed E-state index contributed by atoms with van der Waals surface area (Å²) in [6.45, 7) is 3.34. The summed E-state index contributed by atoms with van der Waals surface area (Å²) >= 11 is 0. The second kappa shape index (κ2) is 8.24. The van der Waals surface area contributed by atoms with Crippen LogP contribution in [0.5, 0.6) is 0 Å². The lowest BCUT2D eigenvalue weighted by atomic mass is 10.1. The van der Waals surface area contributed by atoms with E-state index in [1.165, 1.54) is 25.1 Å². The SMILES string of the molecule is CC(=O)Nc1ccc(/C=C/C(=O)N(C)C(C)c2ccc(F)cc2)cc1. The Balaban J connectivity index is 2.01. The Morgan fingerprint density at radius 2 is 1.68 bits per heavy atom. The largest absolute Gasteiger partial charge is 0.335 e. The molecule has 5 heteroatoms. The highest BCUT2D eigenvalue weighted by molar-refractivity contribution is 5.92. The van der Waals surface area contributed by atoms with Gasteiger partial charge >= 0.3 is 0 Å².